The molecular formula is C34H62O5. The minimum Gasteiger partial charge on any atom is -0.349 e. The third-order valence-electron chi connectivity index (χ3n) is 6.80. The molecule has 0 aromatic rings. The molecule has 5 nitrogen and oxygen atoms in total. The summed E-state index contributed by atoms with van der Waals surface area (Å²) >= 11 is 0. The monoisotopic (exact) mass is 550 g/mol. The topological polar surface area (TPSA) is 61.8 Å². The van der Waals surface area contributed by atoms with E-state index in [0.717, 1.165) is 89.6 Å². The van der Waals surface area contributed by atoms with E-state index in [1.165, 1.54) is 51.4 Å². The van der Waals surface area contributed by atoms with Crippen LogP contribution >= 0.6 is 0 Å². The van der Waals surface area contributed by atoms with Gasteiger partial charge >= 0.3 is 0 Å². The van der Waals surface area contributed by atoms with Gasteiger partial charge in [-0.2, -0.15) is 0 Å². The Morgan fingerprint density at radius 3 is 1.21 bits per heavy atom. The fourth-order valence-electron chi connectivity index (χ4n) is 4.32. The summed E-state index contributed by atoms with van der Waals surface area (Å²) in [6, 6.07) is 0. The quantitative estimate of drug-likeness (QED) is 0.0361. The van der Waals surface area contributed by atoms with Gasteiger partial charge in [-0.25, -0.2) is 0 Å². The molecule has 0 aliphatic rings. The molecule has 0 radical (unpaired) electrons. The molecule has 0 amide bonds. The van der Waals surface area contributed by atoms with E-state index in [4.69, 9.17) is 14.2 Å². The Labute approximate surface area is 241 Å². The zero-order chi connectivity index (χ0) is 28.5. The smallest absolute Gasteiger partial charge is 0.180 e. The Balaban J connectivity index is 4.83. The predicted molar refractivity (Wildman–Crippen MR) is 164 cm³/mol. The van der Waals surface area contributed by atoms with Crippen LogP contribution < -0.4 is 0 Å². The minimum atomic E-state index is -0.413. The van der Waals surface area contributed by atoms with Crippen LogP contribution in [0.4, 0.5) is 0 Å². The molecule has 5 heteroatoms. The molecule has 2 atom stereocenters. The van der Waals surface area contributed by atoms with E-state index >= 15 is 0 Å². The molecule has 0 aromatic heterocycles. The van der Waals surface area contributed by atoms with E-state index in [1.54, 1.807) is 0 Å². The van der Waals surface area contributed by atoms with Crippen molar-refractivity contribution in [2.24, 2.45) is 0 Å². The highest BCUT2D eigenvalue weighted by Gasteiger charge is 2.13. The molecule has 0 fully saturated rings. The van der Waals surface area contributed by atoms with Gasteiger partial charge in [-0.15, -0.1) is 0 Å². The highest BCUT2D eigenvalue weighted by Crippen LogP contribution is 2.13. The number of allylic oxidation sites excluding steroid dienone is 2. The molecule has 0 aliphatic carbocycles. The third-order valence-corrected chi connectivity index (χ3v) is 6.80. The first-order valence-electron chi connectivity index (χ1n) is 16.4. The van der Waals surface area contributed by atoms with Crippen molar-refractivity contribution in [3.05, 3.63) is 24.3 Å². The molecule has 0 spiro atoms. The molecule has 0 aromatic carbocycles. The van der Waals surface area contributed by atoms with Crippen LogP contribution in [0.3, 0.4) is 0 Å². The average molecular weight is 551 g/mol. The van der Waals surface area contributed by atoms with Crippen molar-refractivity contribution in [2.75, 3.05) is 13.2 Å². The Morgan fingerprint density at radius 2 is 0.821 bits per heavy atom. The van der Waals surface area contributed by atoms with Crippen LogP contribution in [0.1, 0.15) is 155 Å². The number of unbranched alkanes of at least 4 members (excludes halogenated alkanes) is 18. The second-order valence-corrected chi connectivity index (χ2v) is 10.6. The lowest BCUT2D eigenvalue weighted by molar-refractivity contribution is -0.208. The maximum atomic E-state index is 10.5. The molecular weight excluding hydrogens is 488 g/mol. The Hall–Kier alpha value is -1.30. The van der Waals surface area contributed by atoms with Crippen molar-refractivity contribution in [2.45, 2.75) is 168 Å². The standard InChI is InChI=1S/C34H62O5/c1-3-5-7-19-25-31-37-33(27-21-15-11-9-13-17-23-29-35)39-34(38-32-26-20-8-6-4-2)28-22-16-12-10-14-18-24-30-36/h21-22,27-30,33-34H,3-20,23-26,31-32H2,1-2H3. The fourth-order valence-corrected chi connectivity index (χ4v) is 4.32. The van der Waals surface area contributed by atoms with Gasteiger partial charge in [0, 0.05) is 12.8 Å². The number of hydrogen-bond donors (Lipinski definition) is 0. The van der Waals surface area contributed by atoms with E-state index in [9.17, 15) is 9.59 Å². The van der Waals surface area contributed by atoms with Crippen LogP contribution in [-0.4, -0.2) is 38.4 Å². The van der Waals surface area contributed by atoms with Gasteiger partial charge in [-0.3, -0.25) is 0 Å². The van der Waals surface area contributed by atoms with Gasteiger partial charge in [0.05, 0.1) is 13.2 Å². The van der Waals surface area contributed by atoms with Crippen LogP contribution in [0.25, 0.3) is 0 Å². The zero-order valence-electron chi connectivity index (χ0n) is 25.6. The lowest BCUT2D eigenvalue weighted by Crippen LogP contribution is -2.25. The number of hydrogen-bond acceptors (Lipinski definition) is 5. The van der Waals surface area contributed by atoms with Crippen LogP contribution in [0, 0.1) is 0 Å². The first-order chi connectivity index (χ1) is 19.3. The summed E-state index contributed by atoms with van der Waals surface area (Å²) in [7, 11) is 0. The number of ether oxygens (including phenoxy) is 3. The van der Waals surface area contributed by atoms with Gasteiger partial charge in [-0.1, -0.05) is 103 Å². The van der Waals surface area contributed by atoms with E-state index in [1.807, 2.05) is 0 Å². The van der Waals surface area contributed by atoms with E-state index < -0.39 is 12.6 Å². The first-order valence-corrected chi connectivity index (χ1v) is 16.4. The summed E-state index contributed by atoms with van der Waals surface area (Å²) < 4.78 is 18.7. The lowest BCUT2D eigenvalue weighted by atomic mass is 10.1. The molecule has 228 valence electrons. The molecule has 2 unspecified atom stereocenters. The van der Waals surface area contributed by atoms with Crippen molar-refractivity contribution in [1.29, 1.82) is 0 Å². The Bertz CT molecular complexity index is 512. The molecule has 0 N–H and O–H groups in total. The van der Waals surface area contributed by atoms with Gasteiger partial charge in [-0.05, 0) is 63.5 Å². The van der Waals surface area contributed by atoms with E-state index in [-0.39, 0.29) is 0 Å². The number of rotatable bonds is 32. The number of aldehydes is 2. The molecule has 0 saturated carbocycles. The Morgan fingerprint density at radius 1 is 0.462 bits per heavy atom. The first kappa shape index (κ1) is 37.7. The van der Waals surface area contributed by atoms with Crippen LogP contribution in [0.2, 0.25) is 0 Å². The van der Waals surface area contributed by atoms with Gasteiger partial charge in [0.25, 0.3) is 0 Å². The SMILES string of the molecule is CCCCCCCOC(C=CCCCCCCC=O)OC(C=CCCCCCCC=O)OCCCCCCC. The van der Waals surface area contributed by atoms with Crippen molar-refractivity contribution in [3.63, 3.8) is 0 Å². The highest BCUT2D eigenvalue weighted by molar-refractivity contribution is 5.49. The zero-order valence-corrected chi connectivity index (χ0v) is 25.6. The van der Waals surface area contributed by atoms with Crippen molar-refractivity contribution >= 4 is 12.6 Å². The van der Waals surface area contributed by atoms with Crippen LogP contribution in [0.15, 0.2) is 24.3 Å². The van der Waals surface area contributed by atoms with Crippen molar-refractivity contribution in [3.8, 4) is 0 Å². The maximum Gasteiger partial charge on any atom is 0.180 e. The maximum absolute atomic E-state index is 10.5. The molecule has 0 rings (SSSR count). The average Bonchev–Trinajstić information content (AvgIpc) is 2.94. The summed E-state index contributed by atoms with van der Waals surface area (Å²) in [5.41, 5.74) is 0. The van der Waals surface area contributed by atoms with E-state index in [0.29, 0.717) is 26.1 Å². The van der Waals surface area contributed by atoms with Gasteiger partial charge < -0.3 is 23.8 Å². The summed E-state index contributed by atoms with van der Waals surface area (Å²) in [5.74, 6) is 0. The van der Waals surface area contributed by atoms with Gasteiger partial charge in [0.2, 0.25) is 0 Å². The van der Waals surface area contributed by atoms with Crippen molar-refractivity contribution in [1.82, 2.24) is 0 Å². The molecule has 0 aliphatic heterocycles. The van der Waals surface area contributed by atoms with Gasteiger partial charge in [0.15, 0.2) is 12.6 Å². The van der Waals surface area contributed by atoms with E-state index in [2.05, 4.69) is 38.2 Å². The molecule has 39 heavy (non-hydrogen) atoms. The van der Waals surface area contributed by atoms with Crippen LogP contribution in [-0.2, 0) is 23.8 Å². The fraction of sp³-hybridized carbons (Fsp3) is 0.824. The largest absolute Gasteiger partial charge is 0.349 e. The molecule has 0 saturated heterocycles. The normalized spacial score (nSPS) is 13.4. The highest BCUT2D eigenvalue weighted by atomic mass is 16.8. The summed E-state index contributed by atoms with van der Waals surface area (Å²) in [6.45, 7) is 5.86. The second kappa shape index (κ2) is 32.9. The molecule has 0 bridgehead atoms. The summed E-state index contributed by atoms with van der Waals surface area (Å²) in [5, 5.41) is 0. The number of carbonyl (C=O) groups is 2. The predicted octanol–water partition coefficient (Wildman–Crippen LogP) is 9.82. The minimum absolute atomic E-state index is 0.413. The second-order valence-electron chi connectivity index (χ2n) is 10.6. The van der Waals surface area contributed by atoms with Gasteiger partial charge in [0.1, 0.15) is 12.6 Å². The van der Waals surface area contributed by atoms with Crippen LogP contribution in [0.5, 0.6) is 0 Å². The summed E-state index contributed by atoms with van der Waals surface area (Å²) in [4.78, 5) is 20.9. The van der Waals surface area contributed by atoms with Crippen molar-refractivity contribution < 1.29 is 23.8 Å². The molecule has 0 heterocycles. The summed E-state index contributed by atoms with van der Waals surface area (Å²) in [6.07, 6.45) is 33.7. The third kappa shape index (κ3) is 29.5. The number of carbonyl (C=O) groups excluding carboxylic acids is 2. The lowest BCUT2D eigenvalue weighted by Gasteiger charge is -2.22. The Kier molecular flexibility index (Phi) is 31.8.